The summed E-state index contributed by atoms with van der Waals surface area (Å²) >= 11 is 6.10. The molecule has 2 aliphatic heterocycles. The number of amides is 1. The van der Waals surface area contributed by atoms with Crippen LogP contribution in [-0.4, -0.2) is 62.4 Å². The van der Waals surface area contributed by atoms with E-state index < -0.39 is 11.0 Å². The van der Waals surface area contributed by atoms with Crippen LogP contribution in [0.3, 0.4) is 0 Å². The van der Waals surface area contributed by atoms with E-state index in [1.165, 1.54) is 6.42 Å². The molecule has 1 aliphatic carbocycles. The summed E-state index contributed by atoms with van der Waals surface area (Å²) in [7, 11) is 0. The lowest BCUT2D eigenvalue weighted by molar-refractivity contribution is -0.164. The van der Waals surface area contributed by atoms with Gasteiger partial charge in [-0.3, -0.25) is 4.79 Å². The highest BCUT2D eigenvalue weighted by molar-refractivity contribution is 6.30. The van der Waals surface area contributed by atoms with Gasteiger partial charge in [-0.1, -0.05) is 43.0 Å². The van der Waals surface area contributed by atoms with E-state index in [0.717, 1.165) is 44.3 Å². The van der Waals surface area contributed by atoms with Crippen LogP contribution in [0.2, 0.25) is 5.02 Å². The van der Waals surface area contributed by atoms with Gasteiger partial charge in [0, 0.05) is 24.7 Å². The van der Waals surface area contributed by atoms with Gasteiger partial charge in [-0.15, -0.1) is 0 Å². The molecule has 4 rings (SSSR count). The Kier molecular flexibility index (Phi) is 5.74. The molecule has 0 radical (unpaired) electrons. The summed E-state index contributed by atoms with van der Waals surface area (Å²) in [5, 5.41) is 4.10. The summed E-state index contributed by atoms with van der Waals surface area (Å²) in [5.74, 6) is 0.247. The topological polar surface area (TPSA) is 50.8 Å². The van der Waals surface area contributed by atoms with Gasteiger partial charge in [0.2, 0.25) is 5.91 Å². The molecule has 2 saturated heterocycles. The van der Waals surface area contributed by atoms with Crippen molar-refractivity contribution in [2.24, 2.45) is 0 Å². The van der Waals surface area contributed by atoms with Crippen molar-refractivity contribution in [3.63, 3.8) is 0 Å². The van der Waals surface area contributed by atoms with Crippen LogP contribution in [0.15, 0.2) is 24.3 Å². The average Bonchev–Trinajstić information content (AvgIpc) is 2.94. The van der Waals surface area contributed by atoms with Crippen molar-refractivity contribution in [3.8, 4) is 0 Å². The molecule has 1 spiro atoms. The maximum absolute atomic E-state index is 13.8. The van der Waals surface area contributed by atoms with Gasteiger partial charge < -0.3 is 19.7 Å². The third kappa shape index (κ3) is 3.88. The van der Waals surface area contributed by atoms with Crippen LogP contribution in [0, 0.1) is 0 Å². The van der Waals surface area contributed by atoms with Crippen molar-refractivity contribution >= 4 is 17.5 Å². The Morgan fingerprint density at radius 2 is 1.89 bits per heavy atom. The van der Waals surface area contributed by atoms with Crippen molar-refractivity contribution in [1.29, 1.82) is 0 Å². The van der Waals surface area contributed by atoms with Gasteiger partial charge in [0.1, 0.15) is 5.60 Å². The SMILES string of the molecule is O=C(N1CCO[C@]2(CNCCOC2)C1)C1(c2ccc(Cl)cc2)CCCCC1. The van der Waals surface area contributed by atoms with Crippen molar-refractivity contribution in [2.45, 2.75) is 43.1 Å². The zero-order valence-corrected chi connectivity index (χ0v) is 16.6. The highest BCUT2D eigenvalue weighted by atomic mass is 35.5. The number of carbonyl (C=O) groups is 1. The number of hydrogen-bond donors (Lipinski definition) is 1. The maximum Gasteiger partial charge on any atom is 0.233 e. The number of halogens is 1. The van der Waals surface area contributed by atoms with Gasteiger partial charge in [0.15, 0.2) is 0 Å². The van der Waals surface area contributed by atoms with E-state index in [0.29, 0.717) is 37.9 Å². The Morgan fingerprint density at radius 1 is 1.11 bits per heavy atom. The first kappa shape index (κ1) is 19.2. The summed E-state index contributed by atoms with van der Waals surface area (Å²) < 4.78 is 11.9. The lowest BCUT2D eigenvalue weighted by Gasteiger charge is -2.46. The molecular weight excluding hydrogens is 364 g/mol. The largest absolute Gasteiger partial charge is 0.377 e. The highest BCUT2D eigenvalue weighted by Gasteiger charge is 2.47. The summed E-state index contributed by atoms with van der Waals surface area (Å²) in [6, 6.07) is 7.89. The minimum absolute atomic E-state index is 0.247. The summed E-state index contributed by atoms with van der Waals surface area (Å²) in [5.41, 5.74) is 0.244. The third-order valence-corrected chi connectivity index (χ3v) is 6.54. The number of ether oxygens (including phenoxy) is 2. The second-order valence-corrected chi connectivity index (χ2v) is 8.57. The van der Waals surface area contributed by atoms with Crippen LogP contribution in [0.25, 0.3) is 0 Å². The van der Waals surface area contributed by atoms with Gasteiger partial charge in [-0.25, -0.2) is 0 Å². The minimum atomic E-state index is -0.430. The Morgan fingerprint density at radius 3 is 2.67 bits per heavy atom. The summed E-state index contributed by atoms with van der Waals surface area (Å²) in [6.07, 6.45) is 5.20. The molecule has 5 nitrogen and oxygen atoms in total. The molecule has 1 N–H and O–H groups in total. The third-order valence-electron chi connectivity index (χ3n) is 6.28. The zero-order valence-electron chi connectivity index (χ0n) is 15.8. The summed E-state index contributed by atoms with van der Waals surface area (Å²) in [6.45, 7) is 4.58. The van der Waals surface area contributed by atoms with Gasteiger partial charge in [-0.2, -0.15) is 0 Å². The second-order valence-electron chi connectivity index (χ2n) is 8.14. The first-order chi connectivity index (χ1) is 13.1. The number of hydrogen-bond acceptors (Lipinski definition) is 4. The maximum atomic E-state index is 13.8. The van der Waals surface area contributed by atoms with Crippen LogP contribution in [-0.2, 0) is 19.7 Å². The molecule has 148 valence electrons. The smallest absolute Gasteiger partial charge is 0.233 e. The molecule has 2 heterocycles. The molecule has 1 saturated carbocycles. The minimum Gasteiger partial charge on any atom is -0.377 e. The van der Waals surface area contributed by atoms with Crippen LogP contribution in [0.5, 0.6) is 0 Å². The van der Waals surface area contributed by atoms with E-state index in [-0.39, 0.29) is 5.91 Å². The van der Waals surface area contributed by atoms with E-state index in [9.17, 15) is 4.79 Å². The van der Waals surface area contributed by atoms with E-state index in [4.69, 9.17) is 21.1 Å². The predicted molar refractivity (Wildman–Crippen MR) is 105 cm³/mol. The van der Waals surface area contributed by atoms with E-state index in [1.54, 1.807) is 0 Å². The van der Waals surface area contributed by atoms with Gasteiger partial charge >= 0.3 is 0 Å². The predicted octanol–water partition coefficient (Wildman–Crippen LogP) is 2.76. The molecule has 27 heavy (non-hydrogen) atoms. The molecule has 1 atom stereocenters. The Hall–Kier alpha value is -1.14. The second kappa shape index (κ2) is 8.08. The lowest BCUT2D eigenvalue weighted by atomic mass is 9.68. The number of rotatable bonds is 2. The van der Waals surface area contributed by atoms with Crippen molar-refractivity contribution < 1.29 is 14.3 Å². The monoisotopic (exact) mass is 392 g/mol. The molecule has 3 fully saturated rings. The first-order valence-electron chi connectivity index (χ1n) is 10.1. The Balaban J connectivity index is 1.60. The number of carbonyl (C=O) groups excluding carboxylic acids is 1. The molecule has 0 aromatic heterocycles. The van der Waals surface area contributed by atoms with Crippen molar-refractivity contribution in [1.82, 2.24) is 10.2 Å². The van der Waals surface area contributed by atoms with E-state index in [2.05, 4.69) is 5.32 Å². The molecule has 1 aromatic rings. The molecule has 0 unspecified atom stereocenters. The quantitative estimate of drug-likeness (QED) is 0.840. The first-order valence-corrected chi connectivity index (χ1v) is 10.5. The van der Waals surface area contributed by atoms with Crippen molar-refractivity contribution in [2.75, 3.05) is 46.0 Å². The molecule has 0 bridgehead atoms. The molecule has 6 heteroatoms. The van der Waals surface area contributed by atoms with Crippen LogP contribution < -0.4 is 5.32 Å². The average molecular weight is 393 g/mol. The molecule has 1 amide bonds. The van der Waals surface area contributed by atoms with E-state index in [1.807, 2.05) is 29.2 Å². The molecular formula is C21H29ClN2O3. The fourth-order valence-corrected chi connectivity index (χ4v) is 4.96. The normalized spacial score (nSPS) is 28.7. The van der Waals surface area contributed by atoms with Gasteiger partial charge in [0.05, 0.1) is 31.8 Å². The van der Waals surface area contributed by atoms with Crippen LogP contribution >= 0.6 is 11.6 Å². The van der Waals surface area contributed by atoms with Crippen molar-refractivity contribution in [3.05, 3.63) is 34.9 Å². The highest BCUT2D eigenvalue weighted by Crippen LogP contribution is 2.42. The Labute approximate surface area is 166 Å². The summed E-state index contributed by atoms with van der Waals surface area (Å²) in [4.78, 5) is 15.9. The fraction of sp³-hybridized carbons (Fsp3) is 0.667. The molecule has 3 aliphatic rings. The van der Waals surface area contributed by atoms with Crippen LogP contribution in [0.1, 0.15) is 37.7 Å². The number of nitrogens with zero attached hydrogens (tertiary/aromatic N) is 1. The lowest BCUT2D eigenvalue weighted by Crippen LogP contribution is -2.62. The fourth-order valence-electron chi connectivity index (χ4n) is 4.84. The molecule has 1 aromatic carbocycles. The van der Waals surface area contributed by atoms with Gasteiger partial charge in [0.25, 0.3) is 0 Å². The number of morpholine rings is 1. The van der Waals surface area contributed by atoms with Crippen LogP contribution in [0.4, 0.5) is 0 Å². The Bertz CT molecular complexity index is 650. The van der Waals surface area contributed by atoms with Gasteiger partial charge in [-0.05, 0) is 30.5 Å². The zero-order chi connectivity index (χ0) is 18.7. The van der Waals surface area contributed by atoms with E-state index >= 15 is 0 Å². The number of nitrogens with one attached hydrogen (secondary N) is 1. The number of benzene rings is 1. The standard InChI is InChI=1S/C21H29ClN2O3/c22-18-6-4-17(5-7-18)21(8-2-1-3-9-21)19(25)24-11-13-27-20(15-24)14-23-10-12-26-16-20/h4-7,23H,1-3,8-16H2/t20-/m1/s1.